The summed E-state index contributed by atoms with van der Waals surface area (Å²) in [5.41, 5.74) is 0.739. The Labute approximate surface area is 223 Å². The van der Waals surface area contributed by atoms with Gasteiger partial charge in [0.05, 0.1) is 0 Å². The zero-order valence-electron chi connectivity index (χ0n) is 19.2. The van der Waals surface area contributed by atoms with Gasteiger partial charge in [0.1, 0.15) is 29.4 Å². The van der Waals surface area contributed by atoms with Crippen LogP contribution in [-0.2, 0) is 24.0 Å². The lowest BCUT2D eigenvalue weighted by molar-refractivity contribution is -0.150. The standard InChI is InChI=1S/C22H20N6O6S3/c1-2-34-27-15(13-9-37-22(25-13)24-11-29)18(30)26-16-19(31)28-17(21(32)33)14(10-36-20(16)28)35-7-5-12-4-3-6-23-8-12/h3-9,11,16,20H,2,10H2,1H3,(H,26,30)(H,32,33)(H,24,25,29)/t16?,20-/m0/s1. The van der Waals surface area contributed by atoms with Gasteiger partial charge >= 0.3 is 5.97 Å². The summed E-state index contributed by atoms with van der Waals surface area (Å²) < 4.78 is 0. The Morgan fingerprint density at radius 3 is 2.97 bits per heavy atom. The topological polar surface area (TPSA) is 163 Å². The molecule has 4 heterocycles. The monoisotopic (exact) mass is 560 g/mol. The van der Waals surface area contributed by atoms with E-state index in [-0.39, 0.29) is 28.8 Å². The maximum Gasteiger partial charge on any atom is 0.353 e. The van der Waals surface area contributed by atoms with E-state index in [1.807, 2.05) is 6.07 Å². The first-order chi connectivity index (χ1) is 17.9. The van der Waals surface area contributed by atoms with Crippen LogP contribution in [0.5, 0.6) is 0 Å². The van der Waals surface area contributed by atoms with Crippen LogP contribution in [0.1, 0.15) is 18.2 Å². The lowest BCUT2D eigenvalue weighted by Gasteiger charge is -2.49. The van der Waals surface area contributed by atoms with E-state index in [2.05, 4.69) is 25.8 Å². The molecule has 1 saturated heterocycles. The molecular formula is C22H20N6O6S3. The van der Waals surface area contributed by atoms with E-state index in [1.165, 1.54) is 33.8 Å². The fraction of sp³-hybridized carbons (Fsp3) is 0.227. The molecule has 0 spiro atoms. The van der Waals surface area contributed by atoms with Crippen LogP contribution in [0.25, 0.3) is 6.08 Å². The fourth-order valence-electron chi connectivity index (χ4n) is 3.39. The minimum atomic E-state index is -1.23. The number of amides is 3. The second-order valence-electron chi connectivity index (χ2n) is 7.30. The Morgan fingerprint density at radius 1 is 1.43 bits per heavy atom. The lowest BCUT2D eigenvalue weighted by atomic mass is 10.0. The Morgan fingerprint density at radius 2 is 2.27 bits per heavy atom. The highest BCUT2D eigenvalue weighted by atomic mass is 32.2. The summed E-state index contributed by atoms with van der Waals surface area (Å²) in [7, 11) is 0. The molecular weight excluding hydrogens is 540 g/mol. The number of oxime groups is 1. The zero-order chi connectivity index (χ0) is 26.4. The third-order valence-electron chi connectivity index (χ3n) is 5.01. The van der Waals surface area contributed by atoms with E-state index in [9.17, 15) is 24.3 Å². The predicted octanol–water partition coefficient (Wildman–Crippen LogP) is 1.95. The maximum absolute atomic E-state index is 13.0. The number of anilines is 1. The number of aromatic nitrogens is 2. The molecule has 2 aromatic rings. The highest BCUT2D eigenvalue weighted by Crippen LogP contribution is 2.43. The summed E-state index contributed by atoms with van der Waals surface area (Å²) in [5, 5.41) is 21.6. The van der Waals surface area contributed by atoms with Crippen molar-refractivity contribution in [1.29, 1.82) is 0 Å². The predicted molar refractivity (Wildman–Crippen MR) is 141 cm³/mol. The molecule has 0 aromatic carbocycles. The van der Waals surface area contributed by atoms with Gasteiger partial charge in [-0.15, -0.1) is 23.1 Å². The van der Waals surface area contributed by atoms with Gasteiger partial charge in [0, 0.05) is 28.4 Å². The zero-order valence-corrected chi connectivity index (χ0v) is 21.6. The lowest BCUT2D eigenvalue weighted by Crippen LogP contribution is -2.71. The number of β-lactam (4-membered cyclic amide) rings is 1. The molecule has 4 rings (SSSR count). The number of thioether (sulfide) groups is 2. The van der Waals surface area contributed by atoms with Crippen LogP contribution in [-0.4, -0.2) is 73.7 Å². The van der Waals surface area contributed by atoms with Crippen LogP contribution in [0, 0.1) is 0 Å². The van der Waals surface area contributed by atoms with E-state index in [0.29, 0.717) is 17.1 Å². The highest BCUT2D eigenvalue weighted by molar-refractivity contribution is 8.08. The molecule has 15 heteroatoms. The van der Waals surface area contributed by atoms with Crippen molar-refractivity contribution >= 4 is 76.0 Å². The van der Waals surface area contributed by atoms with Crippen LogP contribution >= 0.6 is 34.9 Å². The summed E-state index contributed by atoms with van der Waals surface area (Å²) in [5.74, 6) is -2.14. The van der Waals surface area contributed by atoms with Gasteiger partial charge in [0.25, 0.3) is 11.8 Å². The average molecular weight is 561 g/mol. The third kappa shape index (κ3) is 5.84. The van der Waals surface area contributed by atoms with Gasteiger partial charge in [-0.05, 0) is 30.0 Å². The molecule has 0 bridgehead atoms. The minimum Gasteiger partial charge on any atom is -0.477 e. The van der Waals surface area contributed by atoms with Gasteiger partial charge in [-0.2, -0.15) is 0 Å². The largest absolute Gasteiger partial charge is 0.477 e. The third-order valence-corrected chi connectivity index (χ3v) is 8.14. The number of pyridine rings is 1. The van der Waals surface area contributed by atoms with E-state index < -0.39 is 29.2 Å². The summed E-state index contributed by atoms with van der Waals surface area (Å²) in [4.78, 5) is 63.6. The van der Waals surface area contributed by atoms with Gasteiger partial charge in [-0.1, -0.05) is 23.0 Å². The number of hydrogen-bond acceptors (Lipinski definition) is 11. The minimum absolute atomic E-state index is 0.104. The fourth-order valence-corrected chi connectivity index (χ4v) is 6.40. The second-order valence-corrected chi connectivity index (χ2v) is 10.3. The number of carbonyl (C=O) groups is 4. The van der Waals surface area contributed by atoms with Crippen molar-refractivity contribution in [2.24, 2.45) is 5.16 Å². The number of carboxylic acids is 1. The SMILES string of the molecule is CCON=C(C(=O)NC1C(=O)N2C(C(=O)O)=C(SC=Cc3cccnc3)CS[C@@H]12)c1csc(NC=O)n1. The van der Waals surface area contributed by atoms with Crippen LogP contribution in [0.2, 0.25) is 0 Å². The highest BCUT2D eigenvalue weighted by Gasteiger charge is 2.54. The van der Waals surface area contributed by atoms with E-state index in [0.717, 1.165) is 16.9 Å². The first kappa shape index (κ1) is 26.4. The molecule has 3 N–H and O–H groups in total. The summed E-state index contributed by atoms with van der Waals surface area (Å²) in [6.45, 7) is 1.88. The van der Waals surface area contributed by atoms with Gasteiger partial charge in [-0.25, -0.2) is 9.78 Å². The summed E-state index contributed by atoms with van der Waals surface area (Å²) in [6.07, 6.45) is 5.59. The molecule has 37 heavy (non-hydrogen) atoms. The van der Waals surface area contributed by atoms with Gasteiger partial charge in [0.2, 0.25) is 6.41 Å². The van der Waals surface area contributed by atoms with Crippen molar-refractivity contribution in [1.82, 2.24) is 20.2 Å². The number of thiazole rings is 1. The number of carboxylic acid groups (broad SMARTS) is 1. The molecule has 2 aromatic heterocycles. The Bertz CT molecular complexity index is 1290. The Balaban J connectivity index is 1.48. The van der Waals surface area contributed by atoms with E-state index in [1.54, 1.807) is 36.9 Å². The van der Waals surface area contributed by atoms with Crippen LogP contribution in [0.3, 0.4) is 0 Å². The van der Waals surface area contributed by atoms with E-state index >= 15 is 0 Å². The summed E-state index contributed by atoms with van der Waals surface area (Å²) >= 11 is 3.65. The molecule has 12 nitrogen and oxygen atoms in total. The Kier molecular flexibility index (Phi) is 8.58. The van der Waals surface area contributed by atoms with Crippen molar-refractivity contribution in [2.75, 3.05) is 17.7 Å². The molecule has 2 aliphatic rings. The molecule has 2 aliphatic heterocycles. The Hall–Kier alpha value is -3.69. The molecule has 1 fully saturated rings. The number of rotatable bonds is 11. The second kappa shape index (κ2) is 12.0. The maximum atomic E-state index is 13.0. The average Bonchev–Trinajstić information content (AvgIpc) is 3.36. The molecule has 0 radical (unpaired) electrons. The normalized spacial score (nSPS) is 19.3. The van der Waals surface area contributed by atoms with Crippen LogP contribution in [0.15, 0.2) is 51.1 Å². The van der Waals surface area contributed by atoms with Crippen molar-refractivity contribution in [3.8, 4) is 0 Å². The van der Waals surface area contributed by atoms with Crippen molar-refractivity contribution in [3.63, 3.8) is 0 Å². The van der Waals surface area contributed by atoms with Gasteiger partial charge < -0.3 is 20.6 Å². The molecule has 0 saturated carbocycles. The number of fused-ring (bicyclic) bond motifs is 1. The van der Waals surface area contributed by atoms with Crippen molar-refractivity contribution in [3.05, 3.63) is 57.2 Å². The van der Waals surface area contributed by atoms with Gasteiger partial charge in [0.15, 0.2) is 10.8 Å². The van der Waals surface area contributed by atoms with Gasteiger partial charge in [-0.3, -0.25) is 24.3 Å². The molecule has 0 aliphatic carbocycles. The van der Waals surface area contributed by atoms with Crippen molar-refractivity contribution in [2.45, 2.75) is 18.3 Å². The number of hydrogen-bond donors (Lipinski definition) is 3. The summed E-state index contributed by atoms with van der Waals surface area (Å²) in [6, 6.07) is 2.70. The molecule has 3 amide bonds. The number of nitrogens with zero attached hydrogens (tertiary/aromatic N) is 4. The van der Waals surface area contributed by atoms with E-state index in [4.69, 9.17) is 4.84 Å². The smallest absolute Gasteiger partial charge is 0.353 e. The first-order valence-electron chi connectivity index (χ1n) is 10.8. The van der Waals surface area contributed by atoms with Crippen LogP contribution in [0.4, 0.5) is 5.13 Å². The molecule has 2 atom stereocenters. The molecule has 1 unspecified atom stereocenters. The van der Waals surface area contributed by atoms with Crippen LogP contribution < -0.4 is 10.6 Å². The first-order valence-corrected chi connectivity index (χ1v) is 13.6. The number of carbonyl (C=O) groups excluding carboxylic acids is 3. The number of nitrogens with one attached hydrogen (secondary N) is 2. The quantitative estimate of drug-likeness (QED) is 0.160. The number of aliphatic carboxylic acids is 1. The molecule has 192 valence electrons. The van der Waals surface area contributed by atoms with Crippen molar-refractivity contribution < 1.29 is 29.1 Å².